The van der Waals surface area contributed by atoms with E-state index in [1.54, 1.807) is 6.92 Å². The molecule has 2 N–H and O–H groups in total. The van der Waals surface area contributed by atoms with Crippen molar-refractivity contribution in [1.82, 2.24) is 4.98 Å². The lowest BCUT2D eigenvalue weighted by Gasteiger charge is -2.12. The number of rotatable bonds is 5. The third-order valence-electron chi connectivity index (χ3n) is 3.11. The van der Waals surface area contributed by atoms with Crippen molar-refractivity contribution >= 4 is 11.7 Å². The molecule has 2 rings (SSSR count). The van der Waals surface area contributed by atoms with Crippen LogP contribution in [0.25, 0.3) is 0 Å². The van der Waals surface area contributed by atoms with Crippen LogP contribution in [0.5, 0.6) is 0 Å². The Balaban J connectivity index is 2.14. The highest BCUT2D eigenvalue weighted by atomic mass is 16.4. The van der Waals surface area contributed by atoms with Crippen molar-refractivity contribution in [1.29, 1.82) is 0 Å². The Morgan fingerprint density at radius 3 is 2.82 bits per heavy atom. The van der Waals surface area contributed by atoms with Crippen molar-refractivity contribution in [2.75, 3.05) is 11.9 Å². The predicted molar refractivity (Wildman–Crippen MR) is 66.5 cm³/mol. The van der Waals surface area contributed by atoms with Gasteiger partial charge in [0.1, 0.15) is 5.56 Å². The summed E-state index contributed by atoms with van der Waals surface area (Å²) in [5.41, 5.74) is 2.42. The zero-order valence-corrected chi connectivity index (χ0v) is 10.3. The van der Waals surface area contributed by atoms with Crippen molar-refractivity contribution in [3.63, 3.8) is 0 Å². The number of anilines is 1. The van der Waals surface area contributed by atoms with Crippen LogP contribution in [0.3, 0.4) is 0 Å². The molecule has 0 aliphatic heterocycles. The topological polar surface area (TPSA) is 62.2 Å². The maximum absolute atomic E-state index is 11.2. The number of aromatic nitrogens is 1. The molecule has 1 saturated carbocycles. The van der Waals surface area contributed by atoms with Crippen molar-refractivity contribution in [2.24, 2.45) is 5.92 Å². The predicted octanol–water partition coefficient (Wildman–Crippen LogP) is 2.61. The Labute approximate surface area is 101 Å². The van der Waals surface area contributed by atoms with Crippen molar-refractivity contribution in [3.05, 3.63) is 23.0 Å². The average Bonchev–Trinajstić information content (AvgIpc) is 2.99. The quantitative estimate of drug-likeness (QED) is 0.822. The van der Waals surface area contributed by atoms with E-state index in [-0.39, 0.29) is 0 Å². The molecule has 0 radical (unpaired) electrons. The van der Waals surface area contributed by atoms with Crippen LogP contribution in [0.15, 0.2) is 6.07 Å². The smallest absolute Gasteiger partial charge is 0.339 e. The van der Waals surface area contributed by atoms with Gasteiger partial charge in [-0.25, -0.2) is 4.79 Å². The molecule has 0 unspecified atom stereocenters. The summed E-state index contributed by atoms with van der Waals surface area (Å²) in [6.45, 7) is 4.46. The monoisotopic (exact) mass is 234 g/mol. The SMILES string of the molecule is Cc1cc(NCCC2CC2)c(C(=O)O)c(C)n1. The molecular weight excluding hydrogens is 216 g/mol. The second-order valence-corrected chi connectivity index (χ2v) is 4.74. The number of nitrogens with one attached hydrogen (secondary N) is 1. The third-order valence-corrected chi connectivity index (χ3v) is 3.11. The standard InChI is InChI=1S/C13H18N2O2/c1-8-7-11(14-6-5-10-3-4-10)12(13(16)17)9(2)15-8/h7,10H,3-6H2,1-2H3,(H,14,15)(H,16,17). The molecule has 1 aliphatic carbocycles. The lowest BCUT2D eigenvalue weighted by atomic mass is 10.1. The highest BCUT2D eigenvalue weighted by Gasteiger charge is 2.21. The van der Waals surface area contributed by atoms with Crippen LogP contribution < -0.4 is 5.32 Å². The Morgan fingerprint density at radius 1 is 1.53 bits per heavy atom. The minimum absolute atomic E-state index is 0.298. The fourth-order valence-electron chi connectivity index (χ4n) is 2.06. The van der Waals surface area contributed by atoms with Crippen LogP contribution in [-0.2, 0) is 0 Å². The van der Waals surface area contributed by atoms with Crippen molar-refractivity contribution < 1.29 is 9.90 Å². The van der Waals surface area contributed by atoms with E-state index in [2.05, 4.69) is 10.3 Å². The summed E-state index contributed by atoms with van der Waals surface area (Å²) in [5, 5.41) is 12.4. The molecule has 4 heteroatoms. The van der Waals surface area contributed by atoms with E-state index >= 15 is 0 Å². The number of aryl methyl sites for hydroxylation is 2. The van der Waals surface area contributed by atoms with Gasteiger partial charge < -0.3 is 10.4 Å². The fraction of sp³-hybridized carbons (Fsp3) is 0.538. The van der Waals surface area contributed by atoms with Crippen LogP contribution in [0.2, 0.25) is 0 Å². The van der Waals surface area contributed by atoms with Gasteiger partial charge in [0.05, 0.1) is 11.4 Å². The van der Waals surface area contributed by atoms with E-state index in [1.165, 1.54) is 12.8 Å². The lowest BCUT2D eigenvalue weighted by Crippen LogP contribution is -2.11. The number of carboxylic acids is 1. The number of carbonyl (C=O) groups is 1. The molecule has 0 amide bonds. The summed E-state index contributed by atoms with van der Waals surface area (Å²) in [5.74, 6) is -0.0660. The first-order valence-electron chi connectivity index (χ1n) is 6.03. The molecule has 0 spiro atoms. The van der Waals surface area contributed by atoms with Crippen LogP contribution in [0.1, 0.15) is 41.0 Å². The van der Waals surface area contributed by atoms with E-state index in [1.807, 2.05) is 13.0 Å². The molecule has 1 fully saturated rings. The van der Waals surface area contributed by atoms with Gasteiger partial charge in [0.2, 0.25) is 0 Å². The van der Waals surface area contributed by atoms with E-state index in [9.17, 15) is 9.90 Å². The van der Waals surface area contributed by atoms with E-state index in [0.29, 0.717) is 16.9 Å². The van der Waals surface area contributed by atoms with Gasteiger partial charge in [-0.2, -0.15) is 0 Å². The first kappa shape index (κ1) is 11.9. The minimum Gasteiger partial charge on any atom is -0.478 e. The largest absolute Gasteiger partial charge is 0.478 e. The molecule has 17 heavy (non-hydrogen) atoms. The molecular formula is C13H18N2O2. The van der Waals surface area contributed by atoms with Gasteiger partial charge in [0.25, 0.3) is 0 Å². The molecule has 92 valence electrons. The van der Waals surface area contributed by atoms with Gasteiger partial charge in [-0.3, -0.25) is 4.98 Å². The first-order valence-corrected chi connectivity index (χ1v) is 6.03. The van der Waals surface area contributed by atoms with Crippen molar-refractivity contribution in [2.45, 2.75) is 33.1 Å². The Bertz CT molecular complexity index is 439. The third kappa shape index (κ3) is 2.96. The average molecular weight is 234 g/mol. The summed E-state index contributed by atoms with van der Waals surface area (Å²) in [4.78, 5) is 15.4. The molecule has 0 bridgehead atoms. The Morgan fingerprint density at radius 2 is 2.24 bits per heavy atom. The Hall–Kier alpha value is -1.58. The van der Waals surface area contributed by atoms with Crippen LogP contribution in [0.4, 0.5) is 5.69 Å². The minimum atomic E-state index is -0.913. The molecule has 1 heterocycles. The number of carboxylic acid groups (broad SMARTS) is 1. The van der Waals surface area contributed by atoms with Crippen LogP contribution in [0, 0.1) is 19.8 Å². The van der Waals surface area contributed by atoms with E-state index in [0.717, 1.165) is 24.6 Å². The zero-order valence-electron chi connectivity index (χ0n) is 10.3. The number of hydrogen-bond donors (Lipinski definition) is 2. The molecule has 1 aromatic heterocycles. The number of hydrogen-bond acceptors (Lipinski definition) is 3. The van der Waals surface area contributed by atoms with Gasteiger partial charge in [-0.1, -0.05) is 12.8 Å². The molecule has 4 nitrogen and oxygen atoms in total. The number of pyridine rings is 1. The van der Waals surface area contributed by atoms with Gasteiger partial charge in [-0.15, -0.1) is 0 Å². The van der Waals surface area contributed by atoms with Gasteiger partial charge in [0.15, 0.2) is 0 Å². The van der Waals surface area contributed by atoms with Gasteiger partial charge in [-0.05, 0) is 32.3 Å². The molecule has 1 aromatic rings. The first-order chi connectivity index (χ1) is 8.08. The number of nitrogens with zero attached hydrogens (tertiary/aromatic N) is 1. The highest BCUT2D eigenvalue weighted by Crippen LogP contribution is 2.32. The Kier molecular flexibility index (Phi) is 3.31. The fourth-order valence-corrected chi connectivity index (χ4v) is 2.06. The second-order valence-electron chi connectivity index (χ2n) is 4.74. The maximum atomic E-state index is 11.2. The summed E-state index contributed by atoms with van der Waals surface area (Å²) in [6, 6.07) is 1.81. The summed E-state index contributed by atoms with van der Waals surface area (Å²) >= 11 is 0. The summed E-state index contributed by atoms with van der Waals surface area (Å²) in [7, 11) is 0. The summed E-state index contributed by atoms with van der Waals surface area (Å²) < 4.78 is 0. The van der Waals surface area contributed by atoms with Crippen LogP contribution >= 0.6 is 0 Å². The van der Waals surface area contributed by atoms with Gasteiger partial charge in [0, 0.05) is 12.2 Å². The normalized spacial score (nSPS) is 14.7. The van der Waals surface area contributed by atoms with Gasteiger partial charge >= 0.3 is 5.97 Å². The maximum Gasteiger partial charge on any atom is 0.339 e. The van der Waals surface area contributed by atoms with Crippen LogP contribution in [-0.4, -0.2) is 22.6 Å². The second kappa shape index (κ2) is 4.73. The summed E-state index contributed by atoms with van der Waals surface area (Å²) in [6.07, 6.45) is 3.77. The molecule has 0 saturated heterocycles. The molecule has 1 aliphatic rings. The zero-order chi connectivity index (χ0) is 12.4. The lowest BCUT2D eigenvalue weighted by molar-refractivity contribution is 0.0696. The number of aromatic carboxylic acids is 1. The highest BCUT2D eigenvalue weighted by molar-refractivity contribution is 5.95. The van der Waals surface area contributed by atoms with E-state index in [4.69, 9.17) is 0 Å². The molecule has 0 atom stereocenters. The van der Waals surface area contributed by atoms with Crippen molar-refractivity contribution in [3.8, 4) is 0 Å². The van der Waals surface area contributed by atoms with E-state index < -0.39 is 5.97 Å². The molecule has 0 aromatic carbocycles.